The fraction of sp³-hybridized carbons (Fsp3) is 0.375. The van der Waals surface area contributed by atoms with E-state index in [0.717, 1.165) is 0 Å². The molecule has 0 atom stereocenters. The Morgan fingerprint density at radius 1 is 0.493 bits per heavy atom. The molecule has 6 fully saturated rings. The number of carboxylic acids is 1. The highest BCUT2D eigenvalue weighted by molar-refractivity contribution is 6.12. The van der Waals surface area contributed by atoms with Crippen LogP contribution in [-0.2, 0) is 38.4 Å². The average Bonchev–Trinajstić information content (AvgIpc) is 3.90. The molecule has 3 spiro atoms. The first-order chi connectivity index (χ1) is 33.0. The molecule has 4 N–H and O–H groups in total. The lowest BCUT2D eigenvalue weighted by Crippen LogP contribution is -2.55. The zero-order valence-corrected chi connectivity index (χ0v) is 37.2. The first kappa shape index (κ1) is 48.8. The zero-order valence-electron chi connectivity index (χ0n) is 37.2. The van der Waals surface area contributed by atoms with E-state index in [1.54, 1.807) is 57.2 Å². The van der Waals surface area contributed by atoms with Gasteiger partial charge in [0.2, 0.25) is 17.7 Å². The van der Waals surface area contributed by atoms with Gasteiger partial charge >= 0.3 is 5.97 Å². The van der Waals surface area contributed by atoms with Crippen LogP contribution >= 0.6 is 0 Å². The Balaban J connectivity index is 0.000000153. The average molecular weight is 949 g/mol. The van der Waals surface area contributed by atoms with E-state index in [2.05, 4.69) is 16.0 Å². The number of ketones is 3. The summed E-state index contributed by atoms with van der Waals surface area (Å²) in [7, 11) is 0. The van der Waals surface area contributed by atoms with E-state index in [9.17, 15) is 57.5 Å². The van der Waals surface area contributed by atoms with Crippen LogP contribution in [0.25, 0.3) is 0 Å². The molecule has 0 aromatic heterocycles. The fourth-order valence-corrected chi connectivity index (χ4v) is 9.42. The van der Waals surface area contributed by atoms with Crippen molar-refractivity contribution in [2.24, 2.45) is 0 Å². The smallest absolute Gasteiger partial charge is 0.335 e. The van der Waals surface area contributed by atoms with Crippen LogP contribution in [0.3, 0.4) is 0 Å². The summed E-state index contributed by atoms with van der Waals surface area (Å²) in [6.45, 7) is 2.86. The van der Waals surface area contributed by atoms with Crippen LogP contribution in [0.4, 0.5) is 0 Å². The Hall–Kier alpha value is -8.10. The normalized spacial score (nSPS) is 19.6. The third kappa shape index (κ3) is 10.6. The number of benzene rings is 3. The van der Waals surface area contributed by atoms with Crippen molar-refractivity contribution in [2.75, 3.05) is 39.3 Å². The number of rotatable bonds is 8. The lowest BCUT2D eigenvalue weighted by Gasteiger charge is -2.38. The molecule has 6 heterocycles. The molecule has 360 valence electrons. The third-order valence-electron chi connectivity index (χ3n) is 13.3. The molecule has 0 bridgehead atoms. The molecule has 0 unspecified atom stereocenters. The fourth-order valence-electron chi connectivity index (χ4n) is 9.42. The molecular weight excluding hydrogens is 901 g/mol. The molecule has 0 aliphatic carbocycles. The predicted molar refractivity (Wildman–Crippen MR) is 237 cm³/mol. The Morgan fingerprint density at radius 2 is 0.899 bits per heavy atom. The summed E-state index contributed by atoms with van der Waals surface area (Å²) in [6.07, 6.45) is 2.25. The molecule has 0 saturated carbocycles. The van der Waals surface area contributed by atoms with Gasteiger partial charge in [-0.05, 0) is 93.1 Å². The quantitative estimate of drug-likeness (QED) is 0.181. The highest BCUT2D eigenvalue weighted by Gasteiger charge is 2.50. The van der Waals surface area contributed by atoms with Gasteiger partial charge in [-0.15, -0.1) is 0 Å². The van der Waals surface area contributed by atoms with E-state index in [-0.39, 0.29) is 89.8 Å². The number of carbonyl (C=O) groups excluding carboxylic acids is 11. The second-order valence-corrected chi connectivity index (χ2v) is 17.4. The van der Waals surface area contributed by atoms with E-state index in [4.69, 9.17) is 14.6 Å². The van der Waals surface area contributed by atoms with Crippen LogP contribution < -0.4 is 25.4 Å². The predicted octanol–water partition coefficient (Wildman–Crippen LogP) is 1.02. The minimum atomic E-state index is -1.04. The number of carbonyl (C=O) groups is 12. The van der Waals surface area contributed by atoms with E-state index in [0.29, 0.717) is 107 Å². The molecule has 3 aromatic rings. The highest BCUT2D eigenvalue weighted by Crippen LogP contribution is 2.33. The number of para-hydroxylation sites is 1. The second-order valence-electron chi connectivity index (χ2n) is 17.4. The number of aromatic carboxylic acids is 1. The molecular formula is C48H48N6O15. The Labute approximate surface area is 393 Å². The number of ether oxygens (including phenoxy) is 2. The van der Waals surface area contributed by atoms with E-state index in [1.807, 2.05) is 0 Å². The van der Waals surface area contributed by atoms with Crippen LogP contribution in [0.5, 0.6) is 11.5 Å². The summed E-state index contributed by atoms with van der Waals surface area (Å²) in [4.78, 5) is 144. The van der Waals surface area contributed by atoms with Gasteiger partial charge in [0.15, 0.2) is 17.3 Å². The lowest BCUT2D eigenvalue weighted by atomic mass is 9.85. The van der Waals surface area contributed by atoms with E-state index >= 15 is 0 Å². The van der Waals surface area contributed by atoms with Crippen molar-refractivity contribution in [2.45, 2.75) is 74.4 Å². The Kier molecular flexibility index (Phi) is 14.4. The van der Waals surface area contributed by atoms with Crippen LogP contribution in [-0.4, -0.2) is 147 Å². The summed E-state index contributed by atoms with van der Waals surface area (Å²) >= 11 is 0. The van der Waals surface area contributed by atoms with Crippen LogP contribution in [0.1, 0.15) is 99.2 Å². The number of hydrogen-bond donors (Lipinski definition) is 4. The van der Waals surface area contributed by atoms with Gasteiger partial charge in [0, 0.05) is 50.4 Å². The maximum atomic E-state index is 12.6. The van der Waals surface area contributed by atoms with E-state index in [1.165, 1.54) is 30.3 Å². The summed E-state index contributed by atoms with van der Waals surface area (Å²) in [5, 5.41) is 17.1. The molecule has 0 radical (unpaired) electrons. The van der Waals surface area contributed by atoms with E-state index < -0.39 is 22.6 Å². The molecule has 6 amide bonds. The Morgan fingerprint density at radius 3 is 1.30 bits per heavy atom. The van der Waals surface area contributed by atoms with Crippen molar-refractivity contribution < 1.29 is 72.1 Å². The summed E-state index contributed by atoms with van der Waals surface area (Å²) in [5.74, 6) is -2.20. The van der Waals surface area contributed by atoms with Gasteiger partial charge in [-0.3, -0.25) is 52.7 Å². The topological polar surface area (TPSA) is 289 Å². The maximum absolute atomic E-state index is 12.6. The Bertz CT molecular complexity index is 2610. The van der Waals surface area contributed by atoms with Crippen molar-refractivity contribution in [1.29, 1.82) is 0 Å². The number of nitrogens with one attached hydrogen (secondary N) is 3. The lowest BCUT2D eigenvalue weighted by molar-refractivity contribution is -0.125. The van der Waals surface area contributed by atoms with Gasteiger partial charge in [-0.2, -0.15) is 0 Å². The maximum Gasteiger partial charge on any atom is 0.335 e. The van der Waals surface area contributed by atoms with Crippen molar-refractivity contribution in [3.05, 3.63) is 95.1 Å². The van der Waals surface area contributed by atoms with Crippen molar-refractivity contribution in [3.8, 4) is 11.5 Å². The molecule has 9 rings (SSSR count). The van der Waals surface area contributed by atoms with Crippen LogP contribution in [0, 0.1) is 0 Å². The minimum Gasteiger partial charge on any atom is -0.478 e. The van der Waals surface area contributed by atoms with Crippen molar-refractivity contribution in [1.82, 2.24) is 30.7 Å². The zero-order chi connectivity index (χ0) is 49.5. The van der Waals surface area contributed by atoms with Gasteiger partial charge in [0.05, 0.1) is 30.4 Å². The first-order valence-corrected chi connectivity index (χ1v) is 22.1. The second kappa shape index (κ2) is 20.4. The number of likely N-dealkylation sites (tertiary alicyclic amines) is 3. The van der Waals surface area contributed by atoms with Gasteiger partial charge in [0.1, 0.15) is 28.1 Å². The number of piperidine rings is 3. The third-order valence-corrected chi connectivity index (χ3v) is 13.3. The number of carboxylic acid groups (broad SMARTS) is 1. The minimum absolute atomic E-state index is 0.0704. The van der Waals surface area contributed by atoms with Crippen molar-refractivity contribution in [3.63, 3.8) is 0 Å². The van der Waals surface area contributed by atoms with Gasteiger partial charge in [-0.25, -0.2) is 4.79 Å². The van der Waals surface area contributed by atoms with Gasteiger partial charge in [-0.1, -0.05) is 18.2 Å². The summed E-state index contributed by atoms with van der Waals surface area (Å²) in [6, 6.07) is 18.6. The molecule has 21 heteroatoms. The van der Waals surface area contributed by atoms with Crippen LogP contribution in [0.2, 0.25) is 0 Å². The molecule has 6 saturated heterocycles. The molecule has 3 aromatic carbocycles. The number of amides is 6. The SMILES string of the molecule is O=C1CC(=O)C2(CCN(C(=O)c3ccc(C(=O)O)cc3)CC2)N1.O=COc1cccc(C(=O)N2CCC3(CC2)NC(=O)CC3=O)c1.O=COc1ccccc1C(=O)N1CCC2(CC1)NC(=O)CC2=O. The number of Topliss-reactive ketones (excluding diaryl/α,β-unsaturated/α-hetero) is 3. The monoisotopic (exact) mass is 948 g/mol. The summed E-state index contributed by atoms with van der Waals surface area (Å²) < 4.78 is 9.58. The standard InChI is InChI=1S/3C16H16N2O5/c19-12-9-13(20)17-16(12)5-7-18(8-6-16)14(21)10-1-3-11(4-2-10)15(22)23;19-10-23-12-3-1-2-11(8-12)15(22)18-6-4-16(5-7-18)13(20)9-14(21)17-16;19-10-23-12-4-2-1-3-11(12)15(22)18-7-5-16(6-8-18)13(20)9-14(21)17-16/h1-4H,5-9H2,(H,17,20)(H,22,23);1-3,8,10H,4-7,9H2,(H,17,21);1-4,10H,5-9H2,(H,17,21). The highest BCUT2D eigenvalue weighted by atomic mass is 16.5. The molecule has 6 aliphatic heterocycles. The molecule has 21 nitrogen and oxygen atoms in total. The van der Waals surface area contributed by atoms with Crippen molar-refractivity contribution >= 4 is 71.7 Å². The largest absolute Gasteiger partial charge is 0.478 e. The first-order valence-electron chi connectivity index (χ1n) is 22.1. The molecule has 69 heavy (non-hydrogen) atoms. The molecule has 6 aliphatic rings. The van der Waals surface area contributed by atoms with Crippen LogP contribution in [0.15, 0.2) is 72.8 Å². The summed E-state index contributed by atoms with van der Waals surface area (Å²) in [5.41, 5.74) is -1.16. The van der Waals surface area contributed by atoms with Gasteiger partial charge < -0.3 is 45.2 Å². The number of hydrogen-bond acceptors (Lipinski definition) is 14. The van der Waals surface area contributed by atoms with Gasteiger partial charge in [0.25, 0.3) is 30.7 Å². The number of nitrogens with zero attached hydrogens (tertiary/aromatic N) is 3.